The van der Waals surface area contributed by atoms with Gasteiger partial charge in [-0.3, -0.25) is 0 Å². The summed E-state index contributed by atoms with van der Waals surface area (Å²) in [4.78, 5) is 0. The summed E-state index contributed by atoms with van der Waals surface area (Å²) in [7, 11) is 1.76. The van der Waals surface area contributed by atoms with Gasteiger partial charge in [-0.15, -0.1) is 0 Å². The van der Waals surface area contributed by atoms with Gasteiger partial charge in [0.25, 0.3) is 0 Å². The van der Waals surface area contributed by atoms with Crippen molar-refractivity contribution in [2.45, 2.75) is 25.0 Å². The summed E-state index contributed by atoms with van der Waals surface area (Å²) in [6.45, 7) is 0.904. The van der Waals surface area contributed by atoms with Crippen LogP contribution in [-0.2, 0) is 4.74 Å². The molecule has 84 valence electrons. The first-order valence-electron chi connectivity index (χ1n) is 5.59. The van der Waals surface area contributed by atoms with Crippen molar-refractivity contribution in [2.75, 3.05) is 13.7 Å². The van der Waals surface area contributed by atoms with Gasteiger partial charge in [-0.05, 0) is 30.5 Å². The van der Waals surface area contributed by atoms with Gasteiger partial charge < -0.3 is 10.1 Å². The maximum absolute atomic E-state index is 8.72. The van der Waals surface area contributed by atoms with E-state index in [0.717, 1.165) is 19.4 Å². The number of hydrogen-bond acceptors (Lipinski definition) is 3. The average molecular weight is 216 g/mol. The molecule has 3 nitrogen and oxygen atoms in total. The highest BCUT2D eigenvalue weighted by molar-refractivity contribution is 5.33. The fourth-order valence-electron chi connectivity index (χ4n) is 2.11. The highest BCUT2D eigenvalue weighted by Crippen LogP contribution is 2.24. The van der Waals surface area contributed by atoms with E-state index in [1.807, 2.05) is 24.3 Å². The summed E-state index contributed by atoms with van der Waals surface area (Å²) < 4.78 is 5.31. The van der Waals surface area contributed by atoms with E-state index < -0.39 is 0 Å². The zero-order valence-corrected chi connectivity index (χ0v) is 9.44. The number of ether oxygens (including phenoxy) is 1. The van der Waals surface area contributed by atoms with Crippen molar-refractivity contribution in [2.24, 2.45) is 0 Å². The molecule has 0 amide bonds. The van der Waals surface area contributed by atoms with Gasteiger partial charge in [0, 0.05) is 19.7 Å². The third kappa shape index (κ3) is 2.41. The first-order valence-corrected chi connectivity index (χ1v) is 5.59. The summed E-state index contributed by atoms with van der Waals surface area (Å²) in [5.41, 5.74) is 1.97. The SMILES string of the molecule is CO[C@H]1CC[C@H](c2ccc(C#N)cc2)NC1. The van der Waals surface area contributed by atoms with Gasteiger partial charge in [0.05, 0.1) is 17.7 Å². The predicted octanol–water partition coefficient (Wildman–Crippen LogP) is 2.00. The normalized spacial score (nSPS) is 25.0. The van der Waals surface area contributed by atoms with Crippen LogP contribution in [-0.4, -0.2) is 19.8 Å². The Kier molecular flexibility index (Phi) is 3.55. The maximum atomic E-state index is 8.72. The molecule has 0 unspecified atom stereocenters. The Morgan fingerprint density at radius 2 is 2.06 bits per heavy atom. The summed E-state index contributed by atoms with van der Waals surface area (Å²) in [6.07, 6.45) is 2.52. The van der Waals surface area contributed by atoms with Crippen LogP contribution in [0, 0.1) is 11.3 Å². The first-order chi connectivity index (χ1) is 7.83. The Balaban J connectivity index is 2.00. The Hall–Kier alpha value is -1.37. The second kappa shape index (κ2) is 5.11. The molecule has 0 spiro atoms. The molecular weight excluding hydrogens is 200 g/mol. The fourth-order valence-corrected chi connectivity index (χ4v) is 2.11. The largest absolute Gasteiger partial charge is 0.380 e. The second-order valence-corrected chi connectivity index (χ2v) is 4.13. The van der Waals surface area contributed by atoms with E-state index in [1.165, 1.54) is 5.56 Å². The van der Waals surface area contributed by atoms with E-state index in [1.54, 1.807) is 7.11 Å². The van der Waals surface area contributed by atoms with Crippen LogP contribution >= 0.6 is 0 Å². The molecule has 1 N–H and O–H groups in total. The number of benzene rings is 1. The van der Waals surface area contributed by atoms with Crippen molar-refractivity contribution < 1.29 is 4.74 Å². The van der Waals surface area contributed by atoms with Gasteiger partial charge in [-0.2, -0.15) is 5.26 Å². The fraction of sp³-hybridized carbons (Fsp3) is 0.462. The highest BCUT2D eigenvalue weighted by atomic mass is 16.5. The van der Waals surface area contributed by atoms with Crippen LogP contribution in [0.5, 0.6) is 0 Å². The number of nitrogens with zero attached hydrogens (tertiary/aromatic N) is 1. The first kappa shape index (κ1) is 11.1. The molecule has 0 aliphatic carbocycles. The van der Waals surface area contributed by atoms with Gasteiger partial charge in [-0.1, -0.05) is 12.1 Å². The van der Waals surface area contributed by atoms with E-state index >= 15 is 0 Å². The molecule has 0 saturated carbocycles. The molecule has 1 heterocycles. The Bertz CT molecular complexity index is 372. The lowest BCUT2D eigenvalue weighted by atomic mass is 9.95. The zero-order chi connectivity index (χ0) is 11.4. The molecule has 1 aromatic carbocycles. The van der Waals surface area contributed by atoms with Gasteiger partial charge >= 0.3 is 0 Å². The molecule has 0 aromatic heterocycles. The van der Waals surface area contributed by atoms with E-state index in [9.17, 15) is 0 Å². The molecule has 1 saturated heterocycles. The molecule has 1 aromatic rings. The minimum atomic E-state index is 0.342. The lowest BCUT2D eigenvalue weighted by molar-refractivity contribution is 0.0705. The van der Waals surface area contributed by atoms with Crippen LogP contribution in [0.2, 0.25) is 0 Å². The van der Waals surface area contributed by atoms with Crippen molar-refractivity contribution >= 4 is 0 Å². The minimum Gasteiger partial charge on any atom is -0.380 e. The number of hydrogen-bond donors (Lipinski definition) is 1. The quantitative estimate of drug-likeness (QED) is 0.822. The van der Waals surface area contributed by atoms with Crippen LogP contribution in [0.15, 0.2) is 24.3 Å². The number of piperidine rings is 1. The molecular formula is C13H16N2O. The second-order valence-electron chi connectivity index (χ2n) is 4.13. The van der Waals surface area contributed by atoms with Gasteiger partial charge in [0.2, 0.25) is 0 Å². The molecule has 0 radical (unpaired) electrons. The summed E-state index contributed by atoms with van der Waals surface area (Å²) in [5.74, 6) is 0. The van der Waals surface area contributed by atoms with E-state index in [4.69, 9.17) is 10.00 Å². The van der Waals surface area contributed by atoms with Crippen LogP contribution in [0.3, 0.4) is 0 Å². The van der Waals surface area contributed by atoms with E-state index in [0.29, 0.717) is 17.7 Å². The van der Waals surface area contributed by atoms with Gasteiger partial charge in [-0.25, -0.2) is 0 Å². The number of nitriles is 1. The molecule has 1 aliphatic heterocycles. The number of rotatable bonds is 2. The lowest BCUT2D eigenvalue weighted by Crippen LogP contribution is -2.37. The van der Waals surface area contributed by atoms with Crippen molar-refractivity contribution in [1.29, 1.82) is 5.26 Å². The minimum absolute atomic E-state index is 0.342. The molecule has 16 heavy (non-hydrogen) atoms. The third-order valence-corrected chi connectivity index (χ3v) is 3.14. The number of nitrogens with one attached hydrogen (secondary N) is 1. The van der Waals surface area contributed by atoms with Crippen LogP contribution in [0.1, 0.15) is 30.0 Å². The average Bonchev–Trinajstić information content (AvgIpc) is 2.39. The van der Waals surface area contributed by atoms with Crippen molar-refractivity contribution in [3.63, 3.8) is 0 Å². The van der Waals surface area contributed by atoms with Gasteiger partial charge in [0.15, 0.2) is 0 Å². The molecule has 3 heteroatoms. The van der Waals surface area contributed by atoms with Crippen LogP contribution < -0.4 is 5.32 Å². The molecule has 1 fully saturated rings. The summed E-state index contributed by atoms with van der Waals surface area (Å²) in [6, 6.07) is 10.3. The monoisotopic (exact) mass is 216 g/mol. The van der Waals surface area contributed by atoms with E-state index in [2.05, 4.69) is 11.4 Å². The smallest absolute Gasteiger partial charge is 0.0991 e. The Labute approximate surface area is 96.0 Å². The Morgan fingerprint density at radius 1 is 1.31 bits per heavy atom. The standard InChI is InChI=1S/C13H16N2O/c1-16-12-6-7-13(15-9-12)11-4-2-10(8-14)3-5-11/h2-5,12-13,15H,6-7,9H2,1H3/t12-,13+/m0/s1. The third-order valence-electron chi connectivity index (χ3n) is 3.14. The van der Waals surface area contributed by atoms with Gasteiger partial charge in [0.1, 0.15) is 0 Å². The lowest BCUT2D eigenvalue weighted by Gasteiger charge is -2.29. The molecule has 2 rings (SSSR count). The van der Waals surface area contributed by atoms with Crippen LogP contribution in [0.25, 0.3) is 0 Å². The highest BCUT2D eigenvalue weighted by Gasteiger charge is 2.20. The topological polar surface area (TPSA) is 45.0 Å². The van der Waals surface area contributed by atoms with Crippen molar-refractivity contribution in [3.8, 4) is 6.07 Å². The van der Waals surface area contributed by atoms with Crippen molar-refractivity contribution in [1.82, 2.24) is 5.32 Å². The summed E-state index contributed by atoms with van der Waals surface area (Å²) >= 11 is 0. The molecule has 1 aliphatic rings. The number of methoxy groups -OCH3 is 1. The van der Waals surface area contributed by atoms with E-state index in [-0.39, 0.29) is 0 Å². The molecule has 2 atom stereocenters. The van der Waals surface area contributed by atoms with Crippen molar-refractivity contribution in [3.05, 3.63) is 35.4 Å². The summed E-state index contributed by atoms with van der Waals surface area (Å²) in [5, 5.41) is 12.2. The predicted molar refractivity (Wildman–Crippen MR) is 61.9 cm³/mol. The van der Waals surface area contributed by atoms with Crippen LogP contribution in [0.4, 0.5) is 0 Å². The molecule has 0 bridgehead atoms. The maximum Gasteiger partial charge on any atom is 0.0991 e. The zero-order valence-electron chi connectivity index (χ0n) is 9.44. The Morgan fingerprint density at radius 3 is 2.56 bits per heavy atom.